The minimum atomic E-state index is -0.657. The van der Waals surface area contributed by atoms with Gasteiger partial charge in [-0.2, -0.15) is 0 Å². The summed E-state index contributed by atoms with van der Waals surface area (Å²) in [4.78, 5) is 15.7. The van der Waals surface area contributed by atoms with Crippen LogP contribution in [0, 0.1) is 0 Å². The number of rotatable bonds is 8. The molecule has 0 radical (unpaired) electrons. The van der Waals surface area contributed by atoms with Crippen molar-refractivity contribution in [2.45, 2.75) is 37.3 Å². The van der Waals surface area contributed by atoms with Crippen molar-refractivity contribution >= 4 is 29.3 Å². The number of thioether (sulfide) groups is 1. The first-order valence-electron chi connectivity index (χ1n) is 6.27. The van der Waals surface area contributed by atoms with Crippen molar-refractivity contribution in [2.24, 2.45) is 5.73 Å². The van der Waals surface area contributed by atoms with E-state index in [1.807, 2.05) is 13.0 Å². The van der Waals surface area contributed by atoms with Crippen LogP contribution in [0.5, 0.6) is 0 Å². The average molecular weight is 302 g/mol. The summed E-state index contributed by atoms with van der Waals surface area (Å²) in [7, 11) is 0. The van der Waals surface area contributed by atoms with Crippen LogP contribution >= 0.6 is 23.4 Å². The van der Waals surface area contributed by atoms with E-state index >= 15 is 0 Å². The van der Waals surface area contributed by atoms with Crippen molar-refractivity contribution < 1.29 is 4.79 Å². The zero-order chi connectivity index (χ0) is 14.3. The van der Waals surface area contributed by atoms with Crippen molar-refractivity contribution in [3.05, 3.63) is 23.4 Å². The van der Waals surface area contributed by atoms with Gasteiger partial charge in [-0.05, 0) is 38.4 Å². The number of carbonyl (C=O) groups is 1. The Bertz CT molecular complexity index is 413. The summed E-state index contributed by atoms with van der Waals surface area (Å²) in [6.45, 7) is 4.69. The summed E-state index contributed by atoms with van der Waals surface area (Å²) in [6.07, 6.45) is 3.25. The van der Waals surface area contributed by atoms with Crippen LogP contribution in [0.15, 0.2) is 23.4 Å². The van der Waals surface area contributed by atoms with Crippen LogP contribution < -0.4 is 11.1 Å². The standard InChI is InChI=1S/C13H20ClN3OS/c1-3-7-17-13(2,12(15)18)6-8-19-11-5-4-10(14)9-16-11/h4-5,9,17H,3,6-8H2,1-2H3,(H2,15,18). The van der Waals surface area contributed by atoms with Gasteiger partial charge in [-0.25, -0.2) is 4.98 Å². The van der Waals surface area contributed by atoms with Gasteiger partial charge in [0.2, 0.25) is 5.91 Å². The second kappa shape index (κ2) is 7.72. The predicted molar refractivity (Wildman–Crippen MR) is 80.5 cm³/mol. The van der Waals surface area contributed by atoms with Gasteiger partial charge in [0.25, 0.3) is 0 Å². The van der Waals surface area contributed by atoms with E-state index < -0.39 is 5.54 Å². The van der Waals surface area contributed by atoms with Crippen LogP contribution in [0.1, 0.15) is 26.7 Å². The normalized spacial score (nSPS) is 14.1. The third-order valence-corrected chi connectivity index (χ3v) is 4.03. The fourth-order valence-corrected chi connectivity index (χ4v) is 2.63. The van der Waals surface area contributed by atoms with Crippen LogP contribution in [0.25, 0.3) is 0 Å². The fraction of sp³-hybridized carbons (Fsp3) is 0.538. The van der Waals surface area contributed by atoms with Crippen LogP contribution in [0.4, 0.5) is 0 Å². The molecule has 19 heavy (non-hydrogen) atoms. The van der Waals surface area contributed by atoms with Gasteiger partial charge in [0.15, 0.2) is 0 Å². The van der Waals surface area contributed by atoms with E-state index in [-0.39, 0.29) is 5.91 Å². The second-order valence-corrected chi connectivity index (χ2v) is 6.09. The molecular formula is C13H20ClN3OS. The molecule has 0 aliphatic rings. The summed E-state index contributed by atoms with van der Waals surface area (Å²) in [5, 5.41) is 4.73. The monoisotopic (exact) mass is 301 g/mol. The first-order chi connectivity index (χ1) is 8.98. The van der Waals surface area contributed by atoms with Gasteiger partial charge in [0.1, 0.15) is 0 Å². The van der Waals surface area contributed by atoms with Crippen molar-refractivity contribution in [1.82, 2.24) is 10.3 Å². The molecule has 1 atom stereocenters. The molecule has 1 amide bonds. The number of hydrogen-bond acceptors (Lipinski definition) is 4. The number of aromatic nitrogens is 1. The van der Waals surface area contributed by atoms with Crippen LogP contribution in [-0.4, -0.2) is 28.7 Å². The second-order valence-electron chi connectivity index (χ2n) is 4.54. The summed E-state index contributed by atoms with van der Waals surface area (Å²) < 4.78 is 0. The van der Waals surface area contributed by atoms with Crippen LogP contribution in [0.2, 0.25) is 5.02 Å². The number of nitrogens with one attached hydrogen (secondary N) is 1. The minimum Gasteiger partial charge on any atom is -0.368 e. The van der Waals surface area contributed by atoms with Crippen LogP contribution in [-0.2, 0) is 4.79 Å². The number of carbonyl (C=O) groups excluding carboxylic acids is 1. The molecule has 1 rings (SSSR count). The van der Waals surface area contributed by atoms with Gasteiger partial charge in [-0.1, -0.05) is 18.5 Å². The molecule has 6 heteroatoms. The molecule has 0 aliphatic carbocycles. The average Bonchev–Trinajstić information content (AvgIpc) is 2.38. The maximum absolute atomic E-state index is 11.5. The van der Waals surface area contributed by atoms with Gasteiger partial charge in [-0.15, -0.1) is 11.8 Å². The predicted octanol–water partition coefficient (Wildman–Crippen LogP) is 2.46. The van der Waals surface area contributed by atoms with E-state index in [1.165, 1.54) is 0 Å². The summed E-state index contributed by atoms with van der Waals surface area (Å²) in [5.41, 5.74) is 4.81. The Morgan fingerprint density at radius 2 is 2.32 bits per heavy atom. The van der Waals surface area contributed by atoms with Crippen molar-refractivity contribution in [3.8, 4) is 0 Å². The van der Waals surface area contributed by atoms with E-state index in [0.717, 1.165) is 23.7 Å². The molecule has 3 N–H and O–H groups in total. The Balaban J connectivity index is 2.48. The molecule has 1 unspecified atom stereocenters. The lowest BCUT2D eigenvalue weighted by molar-refractivity contribution is -0.123. The van der Waals surface area contributed by atoms with Crippen molar-refractivity contribution in [1.29, 1.82) is 0 Å². The number of nitrogens with zero attached hydrogens (tertiary/aromatic N) is 1. The van der Waals surface area contributed by atoms with Gasteiger partial charge in [0.05, 0.1) is 15.6 Å². The SMILES string of the molecule is CCCNC(C)(CCSc1ccc(Cl)cn1)C(N)=O. The summed E-state index contributed by atoms with van der Waals surface area (Å²) >= 11 is 7.36. The Hall–Kier alpha value is -0.780. The lowest BCUT2D eigenvalue weighted by Crippen LogP contribution is -2.53. The topological polar surface area (TPSA) is 68.0 Å². The largest absolute Gasteiger partial charge is 0.368 e. The van der Waals surface area contributed by atoms with Gasteiger partial charge in [-0.3, -0.25) is 4.79 Å². The first kappa shape index (κ1) is 16.3. The maximum atomic E-state index is 11.5. The maximum Gasteiger partial charge on any atom is 0.237 e. The highest BCUT2D eigenvalue weighted by Gasteiger charge is 2.29. The molecule has 106 valence electrons. The van der Waals surface area contributed by atoms with Gasteiger partial charge < -0.3 is 11.1 Å². The number of hydrogen-bond donors (Lipinski definition) is 2. The number of pyridine rings is 1. The Morgan fingerprint density at radius 1 is 1.58 bits per heavy atom. The quantitative estimate of drug-likeness (QED) is 0.724. The molecule has 0 saturated heterocycles. The zero-order valence-electron chi connectivity index (χ0n) is 11.3. The molecule has 0 saturated carbocycles. The third-order valence-electron chi connectivity index (χ3n) is 2.86. The molecule has 0 aliphatic heterocycles. The molecule has 4 nitrogen and oxygen atoms in total. The molecule has 0 spiro atoms. The summed E-state index contributed by atoms with van der Waals surface area (Å²) in [5.74, 6) is 0.454. The Labute approximate surface area is 123 Å². The fourth-order valence-electron chi connectivity index (χ4n) is 1.51. The van der Waals surface area contributed by atoms with Gasteiger partial charge in [0, 0.05) is 11.9 Å². The molecule has 0 fully saturated rings. The van der Waals surface area contributed by atoms with Crippen molar-refractivity contribution in [2.75, 3.05) is 12.3 Å². The molecule has 1 aromatic heterocycles. The lowest BCUT2D eigenvalue weighted by atomic mass is 9.98. The van der Waals surface area contributed by atoms with E-state index in [0.29, 0.717) is 11.4 Å². The van der Waals surface area contributed by atoms with Gasteiger partial charge >= 0.3 is 0 Å². The van der Waals surface area contributed by atoms with E-state index in [1.54, 1.807) is 24.0 Å². The molecule has 1 heterocycles. The van der Waals surface area contributed by atoms with E-state index in [4.69, 9.17) is 17.3 Å². The molecule has 0 aromatic carbocycles. The highest BCUT2D eigenvalue weighted by molar-refractivity contribution is 7.99. The summed E-state index contributed by atoms with van der Waals surface area (Å²) in [6, 6.07) is 3.67. The highest BCUT2D eigenvalue weighted by Crippen LogP contribution is 2.21. The minimum absolute atomic E-state index is 0.314. The highest BCUT2D eigenvalue weighted by atomic mass is 35.5. The van der Waals surface area contributed by atoms with E-state index in [9.17, 15) is 4.79 Å². The van der Waals surface area contributed by atoms with Crippen LogP contribution in [0.3, 0.4) is 0 Å². The lowest BCUT2D eigenvalue weighted by Gasteiger charge is -2.27. The van der Waals surface area contributed by atoms with Crippen molar-refractivity contribution in [3.63, 3.8) is 0 Å². The third kappa shape index (κ3) is 5.38. The number of amides is 1. The smallest absolute Gasteiger partial charge is 0.237 e. The first-order valence-corrected chi connectivity index (χ1v) is 7.63. The molecule has 0 bridgehead atoms. The molecule has 1 aromatic rings. The number of primary amides is 1. The van der Waals surface area contributed by atoms with E-state index in [2.05, 4.69) is 17.2 Å². The number of nitrogens with two attached hydrogens (primary N) is 1. The molecular weight excluding hydrogens is 282 g/mol. The number of halogens is 1. The zero-order valence-corrected chi connectivity index (χ0v) is 12.9. The Morgan fingerprint density at radius 3 is 2.84 bits per heavy atom. The Kier molecular flexibility index (Phi) is 6.62.